The Balaban J connectivity index is 1.82. The molecule has 0 bridgehead atoms. The van der Waals surface area contributed by atoms with Crippen LogP contribution in [0, 0.1) is 12.7 Å². The zero-order valence-electron chi connectivity index (χ0n) is 14.6. The lowest BCUT2D eigenvalue weighted by Gasteiger charge is -2.11. The van der Waals surface area contributed by atoms with Gasteiger partial charge in [0, 0.05) is 29.0 Å². The third-order valence-electron chi connectivity index (χ3n) is 4.29. The number of nitrogens with zero attached hydrogens (tertiary/aromatic N) is 2. The summed E-state index contributed by atoms with van der Waals surface area (Å²) < 4.78 is 13.1. The highest BCUT2D eigenvalue weighted by Crippen LogP contribution is 2.26. The highest BCUT2D eigenvalue weighted by molar-refractivity contribution is 6.13. The Kier molecular flexibility index (Phi) is 4.34. The minimum atomic E-state index is -0.349. The molecular formula is C22H16FN3O. The molecule has 4 rings (SSSR count). The molecule has 27 heavy (non-hydrogen) atoms. The molecule has 1 N–H and O–H groups in total. The van der Waals surface area contributed by atoms with E-state index in [4.69, 9.17) is 4.98 Å². The molecular weight excluding hydrogens is 341 g/mol. The average Bonchev–Trinajstić information content (AvgIpc) is 2.69. The van der Waals surface area contributed by atoms with E-state index in [9.17, 15) is 9.18 Å². The molecule has 0 aliphatic heterocycles. The van der Waals surface area contributed by atoms with Crippen molar-refractivity contribution < 1.29 is 9.18 Å². The lowest BCUT2D eigenvalue weighted by Crippen LogP contribution is -2.13. The Labute approximate surface area is 155 Å². The first-order valence-corrected chi connectivity index (χ1v) is 8.49. The van der Waals surface area contributed by atoms with Gasteiger partial charge in [-0.2, -0.15) is 0 Å². The molecule has 2 aromatic heterocycles. The highest BCUT2D eigenvalue weighted by Gasteiger charge is 2.15. The third kappa shape index (κ3) is 3.53. The largest absolute Gasteiger partial charge is 0.322 e. The normalized spacial score (nSPS) is 10.7. The van der Waals surface area contributed by atoms with Crippen molar-refractivity contribution in [2.75, 3.05) is 5.32 Å². The van der Waals surface area contributed by atoms with Gasteiger partial charge in [-0.3, -0.25) is 9.78 Å². The standard InChI is InChI=1S/C22H16FN3O/c1-14-2-7-20-18(12-14)19(13-21(26-20)15-8-10-24-11-9-15)22(27)25-17-5-3-16(23)4-6-17/h2-13H,1H3,(H,25,27). The number of aryl methyl sites for hydroxylation is 1. The molecule has 0 saturated carbocycles. The third-order valence-corrected chi connectivity index (χ3v) is 4.29. The second-order valence-electron chi connectivity index (χ2n) is 6.27. The van der Waals surface area contributed by atoms with E-state index in [0.29, 0.717) is 16.9 Å². The Morgan fingerprint density at radius 3 is 2.44 bits per heavy atom. The number of rotatable bonds is 3. The first-order valence-electron chi connectivity index (χ1n) is 8.49. The van der Waals surface area contributed by atoms with Gasteiger partial charge in [-0.25, -0.2) is 9.37 Å². The molecule has 5 heteroatoms. The van der Waals surface area contributed by atoms with Gasteiger partial charge in [0.15, 0.2) is 0 Å². The summed E-state index contributed by atoms with van der Waals surface area (Å²) in [5, 5.41) is 3.60. The fourth-order valence-corrected chi connectivity index (χ4v) is 2.93. The molecule has 2 aromatic carbocycles. The summed E-state index contributed by atoms with van der Waals surface area (Å²) in [7, 11) is 0. The zero-order chi connectivity index (χ0) is 18.8. The number of fused-ring (bicyclic) bond motifs is 1. The molecule has 0 atom stereocenters. The van der Waals surface area contributed by atoms with Crippen LogP contribution in [-0.4, -0.2) is 15.9 Å². The fraction of sp³-hybridized carbons (Fsp3) is 0.0455. The predicted molar refractivity (Wildman–Crippen MR) is 104 cm³/mol. The maximum atomic E-state index is 13.1. The number of hydrogen-bond donors (Lipinski definition) is 1. The molecule has 2 heterocycles. The molecule has 132 valence electrons. The van der Waals surface area contributed by atoms with Gasteiger partial charge in [0.05, 0.1) is 16.8 Å². The zero-order valence-corrected chi connectivity index (χ0v) is 14.6. The minimum Gasteiger partial charge on any atom is -0.322 e. The number of carbonyl (C=O) groups excluding carboxylic acids is 1. The van der Waals surface area contributed by atoms with Crippen LogP contribution in [0.4, 0.5) is 10.1 Å². The quantitative estimate of drug-likeness (QED) is 0.561. The highest BCUT2D eigenvalue weighted by atomic mass is 19.1. The van der Waals surface area contributed by atoms with Gasteiger partial charge in [0.25, 0.3) is 5.91 Å². The van der Waals surface area contributed by atoms with E-state index >= 15 is 0 Å². The number of anilines is 1. The van der Waals surface area contributed by atoms with Crippen LogP contribution in [-0.2, 0) is 0 Å². The number of benzene rings is 2. The van der Waals surface area contributed by atoms with E-state index in [1.807, 2.05) is 37.3 Å². The smallest absolute Gasteiger partial charge is 0.256 e. The van der Waals surface area contributed by atoms with Crippen molar-refractivity contribution in [3.63, 3.8) is 0 Å². The van der Waals surface area contributed by atoms with Crippen LogP contribution in [0.15, 0.2) is 73.1 Å². The number of carbonyl (C=O) groups is 1. The summed E-state index contributed by atoms with van der Waals surface area (Å²) in [6, 6.07) is 17.0. The van der Waals surface area contributed by atoms with Crippen LogP contribution >= 0.6 is 0 Å². The van der Waals surface area contributed by atoms with Crippen LogP contribution in [0.25, 0.3) is 22.2 Å². The van der Waals surface area contributed by atoms with Gasteiger partial charge in [0.2, 0.25) is 0 Å². The molecule has 0 fully saturated rings. The molecule has 4 nitrogen and oxygen atoms in total. The minimum absolute atomic E-state index is 0.269. The Morgan fingerprint density at radius 1 is 0.963 bits per heavy atom. The van der Waals surface area contributed by atoms with Crippen molar-refractivity contribution in [3.05, 3.63) is 90.0 Å². The Hall–Kier alpha value is -3.60. The summed E-state index contributed by atoms with van der Waals surface area (Å²) >= 11 is 0. The van der Waals surface area contributed by atoms with Crippen LogP contribution in [0.1, 0.15) is 15.9 Å². The Morgan fingerprint density at radius 2 is 1.70 bits per heavy atom. The van der Waals surface area contributed by atoms with E-state index in [-0.39, 0.29) is 11.7 Å². The summed E-state index contributed by atoms with van der Waals surface area (Å²) in [4.78, 5) is 21.7. The van der Waals surface area contributed by atoms with Crippen molar-refractivity contribution in [1.82, 2.24) is 9.97 Å². The number of amides is 1. The van der Waals surface area contributed by atoms with Crippen molar-refractivity contribution in [1.29, 1.82) is 0 Å². The van der Waals surface area contributed by atoms with Gasteiger partial charge in [-0.15, -0.1) is 0 Å². The molecule has 0 saturated heterocycles. The van der Waals surface area contributed by atoms with Crippen molar-refractivity contribution in [2.45, 2.75) is 6.92 Å². The van der Waals surface area contributed by atoms with Crippen LogP contribution in [0.3, 0.4) is 0 Å². The second kappa shape index (κ2) is 6.96. The van der Waals surface area contributed by atoms with Crippen LogP contribution in [0.5, 0.6) is 0 Å². The molecule has 1 amide bonds. The van der Waals surface area contributed by atoms with Gasteiger partial charge in [-0.1, -0.05) is 11.6 Å². The Bertz CT molecular complexity index is 1130. The van der Waals surface area contributed by atoms with E-state index in [2.05, 4.69) is 10.3 Å². The number of hydrogen-bond acceptors (Lipinski definition) is 3. The lowest BCUT2D eigenvalue weighted by molar-refractivity contribution is 0.102. The molecule has 0 radical (unpaired) electrons. The summed E-state index contributed by atoms with van der Waals surface area (Å²) in [6.07, 6.45) is 3.38. The molecule has 4 aromatic rings. The van der Waals surface area contributed by atoms with Gasteiger partial charge in [-0.05, 0) is 61.5 Å². The first-order chi connectivity index (χ1) is 13.1. The summed E-state index contributed by atoms with van der Waals surface area (Å²) in [5.74, 6) is -0.618. The fourth-order valence-electron chi connectivity index (χ4n) is 2.93. The van der Waals surface area contributed by atoms with E-state index in [1.165, 1.54) is 24.3 Å². The van der Waals surface area contributed by atoms with E-state index < -0.39 is 0 Å². The maximum Gasteiger partial charge on any atom is 0.256 e. The monoisotopic (exact) mass is 357 g/mol. The van der Waals surface area contributed by atoms with E-state index in [1.54, 1.807) is 18.5 Å². The van der Waals surface area contributed by atoms with Crippen molar-refractivity contribution in [3.8, 4) is 11.3 Å². The molecule has 0 spiro atoms. The van der Waals surface area contributed by atoms with Crippen molar-refractivity contribution >= 4 is 22.5 Å². The topological polar surface area (TPSA) is 54.9 Å². The number of pyridine rings is 2. The first kappa shape index (κ1) is 16.8. The number of aromatic nitrogens is 2. The predicted octanol–water partition coefficient (Wildman–Crippen LogP) is 5.00. The van der Waals surface area contributed by atoms with E-state index in [0.717, 1.165) is 22.0 Å². The van der Waals surface area contributed by atoms with Gasteiger partial charge < -0.3 is 5.32 Å². The average molecular weight is 357 g/mol. The summed E-state index contributed by atoms with van der Waals surface area (Å²) in [6.45, 7) is 1.97. The molecule has 0 aliphatic rings. The summed E-state index contributed by atoms with van der Waals surface area (Å²) in [5.41, 5.74) is 4.39. The lowest BCUT2D eigenvalue weighted by atomic mass is 10.0. The number of nitrogens with one attached hydrogen (secondary N) is 1. The molecule has 0 aliphatic carbocycles. The van der Waals surface area contributed by atoms with Crippen LogP contribution in [0.2, 0.25) is 0 Å². The maximum absolute atomic E-state index is 13.1. The SMILES string of the molecule is Cc1ccc2nc(-c3ccncc3)cc(C(=O)Nc3ccc(F)cc3)c2c1. The number of halogens is 1. The van der Waals surface area contributed by atoms with Crippen molar-refractivity contribution in [2.24, 2.45) is 0 Å². The second-order valence-corrected chi connectivity index (χ2v) is 6.27. The van der Waals surface area contributed by atoms with Gasteiger partial charge in [0.1, 0.15) is 5.82 Å². The molecule has 0 unspecified atom stereocenters. The van der Waals surface area contributed by atoms with Crippen LogP contribution < -0.4 is 5.32 Å². The van der Waals surface area contributed by atoms with Gasteiger partial charge >= 0.3 is 0 Å².